The van der Waals surface area contributed by atoms with Crippen molar-refractivity contribution >= 4 is 0 Å². The lowest BCUT2D eigenvalue weighted by Crippen LogP contribution is -2.82. The van der Waals surface area contributed by atoms with Crippen LogP contribution in [0.1, 0.15) is 23.1 Å². The molecule has 0 amide bonds. The van der Waals surface area contributed by atoms with Crippen LogP contribution in [0, 0.1) is 13.8 Å². The van der Waals surface area contributed by atoms with E-state index in [2.05, 4.69) is 67.7 Å². The Balaban J connectivity index is 1.63. The van der Waals surface area contributed by atoms with E-state index in [0.29, 0.717) is 0 Å². The lowest BCUT2D eigenvalue weighted by molar-refractivity contribution is -0.671. The van der Waals surface area contributed by atoms with Crippen LogP contribution in [0.4, 0.5) is 0 Å². The van der Waals surface area contributed by atoms with Crippen LogP contribution in [0.15, 0.2) is 48.5 Å². The Morgan fingerprint density at radius 1 is 1.00 bits per heavy atom. The molecule has 0 radical (unpaired) electrons. The van der Waals surface area contributed by atoms with E-state index in [1.807, 2.05) is 0 Å². The molecular formula is C18H24NO+. The molecule has 0 aromatic heterocycles. The number of hydrogen-bond acceptors (Lipinski definition) is 1. The smallest absolute Gasteiger partial charge is 0.122 e. The quantitative estimate of drug-likeness (QED) is 0.769. The molecule has 0 saturated heterocycles. The van der Waals surface area contributed by atoms with Crippen LogP contribution in [0.2, 0.25) is 0 Å². The molecule has 0 bridgehead atoms. The minimum atomic E-state index is 0.787. The summed E-state index contributed by atoms with van der Waals surface area (Å²) in [6, 6.07) is 16.9. The molecule has 2 aromatic carbocycles. The Morgan fingerprint density at radius 3 is 2.60 bits per heavy atom. The van der Waals surface area contributed by atoms with Gasteiger partial charge >= 0.3 is 0 Å². The Kier molecular flexibility index (Phi) is 5.63. The van der Waals surface area contributed by atoms with Gasteiger partial charge in [-0.1, -0.05) is 42.5 Å². The van der Waals surface area contributed by atoms with Crippen molar-refractivity contribution < 1.29 is 10.1 Å². The largest absolute Gasteiger partial charge is 0.493 e. The van der Waals surface area contributed by atoms with Gasteiger partial charge in [0.25, 0.3) is 0 Å². The second kappa shape index (κ2) is 7.71. The predicted molar refractivity (Wildman–Crippen MR) is 83.0 cm³/mol. The molecule has 0 aliphatic carbocycles. The molecule has 2 nitrogen and oxygen atoms in total. The first-order valence-corrected chi connectivity index (χ1v) is 7.31. The summed E-state index contributed by atoms with van der Waals surface area (Å²) in [4.78, 5) is 0. The topological polar surface area (TPSA) is 25.8 Å². The summed E-state index contributed by atoms with van der Waals surface area (Å²) < 4.78 is 5.85. The fourth-order valence-electron chi connectivity index (χ4n) is 2.16. The second-order valence-electron chi connectivity index (χ2n) is 5.24. The van der Waals surface area contributed by atoms with Crippen LogP contribution in [-0.2, 0) is 6.54 Å². The highest BCUT2D eigenvalue weighted by molar-refractivity contribution is 5.35. The van der Waals surface area contributed by atoms with E-state index in [1.54, 1.807) is 0 Å². The molecule has 2 aromatic rings. The lowest BCUT2D eigenvalue weighted by atomic mass is 10.1. The van der Waals surface area contributed by atoms with Crippen molar-refractivity contribution in [2.75, 3.05) is 13.2 Å². The highest BCUT2D eigenvalue weighted by Crippen LogP contribution is 2.18. The van der Waals surface area contributed by atoms with Crippen LogP contribution in [0.3, 0.4) is 0 Å². The average molecular weight is 270 g/mol. The minimum Gasteiger partial charge on any atom is -0.493 e. The molecule has 0 unspecified atom stereocenters. The van der Waals surface area contributed by atoms with E-state index in [-0.39, 0.29) is 0 Å². The number of hydrogen-bond donors (Lipinski definition) is 1. The summed E-state index contributed by atoms with van der Waals surface area (Å²) in [5.74, 6) is 1.02. The van der Waals surface area contributed by atoms with Gasteiger partial charge in [0, 0.05) is 12.0 Å². The Hall–Kier alpha value is -1.80. The molecule has 0 aliphatic heterocycles. The van der Waals surface area contributed by atoms with E-state index >= 15 is 0 Å². The van der Waals surface area contributed by atoms with E-state index in [4.69, 9.17) is 4.74 Å². The van der Waals surface area contributed by atoms with Gasteiger partial charge in [-0.3, -0.25) is 0 Å². The molecule has 0 heterocycles. The van der Waals surface area contributed by atoms with Crippen LogP contribution in [0.25, 0.3) is 0 Å². The van der Waals surface area contributed by atoms with Gasteiger partial charge in [-0.05, 0) is 31.0 Å². The highest BCUT2D eigenvalue weighted by Gasteiger charge is 2.00. The van der Waals surface area contributed by atoms with Gasteiger partial charge in [-0.15, -0.1) is 0 Å². The number of quaternary nitrogens is 1. The molecule has 0 aliphatic rings. The van der Waals surface area contributed by atoms with Crippen molar-refractivity contribution in [1.29, 1.82) is 0 Å². The first kappa shape index (κ1) is 14.6. The van der Waals surface area contributed by atoms with Crippen LogP contribution >= 0.6 is 0 Å². The molecular weight excluding hydrogens is 246 g/mol. The van der Waals surface area contributed by atoms with Gasteiger partial charge in [-0.2, -0.15) is 0 Å². The third kappa shape index (κ3) is 4.71. The van der Waals surface area contributed by atoms with Gasteiger partial charge < -0.3 is 10.1 Å². The van der Waals surface area contributed by atoms with Gasteiger partial charge in [0.1, 0.15) is 12.3 Å². The summed E-state index contributed by atoms with van der Waals surface area (Å²) in [5.41, 5.74) is 3.84. The number of nitrogens with two attached hydrogens (primary N) is 1. The van der Waals surface area contributed by atoms with Crippen molar-refractivity contribution in [3.63, 3.8) is 0 Å². The van der Waals surface area contributed by atoms with E-state index in [0.717, 1.165) is 31.9 Å². The summed E-state index contributed by atoms with van der Waals surface area (Å²) in [5, 5.41) is 2.34. The van der Waals surface area contributed by atoms with Crippen molar-refractivity contribution in [3.8, 4) is 5.75 Å². The average Bonchev–Trinajstić information content (AvgIpc) is 2.47. The predicted octanol–water partition coefficient (Wildman–Crippen LogP) is 2.84. The van der Waals surface area contributed by atoms with E-state index in [1.165, 1.54) is 16.7 Å². The maximum atomic E-state index is 5.85. The normalized spacial score (nSPS) is 10.5. The third-order valence-electron chi connectivity index (χ3n) is 3.38. The molecule has 2 heteroatoms. The van der Waals surface area contributed by atoms with E-state index < -0.39 is 0 Å². The first-order valence-electron chi connectivity index (χ1n) is 7.31. The Bertz CT molecular complexity index is 522. The standard InChI is InChI=1S/C18H23NO/c1-15-9-10-16(2)18(13-15)20-12-6-11-19-14-17-7-4-3-5-8-17/h3-5,7-10,13,19H,6,11-12,14H2,1-2H3/p+1. The molecule has 0 saturated carbocycles. The minimum absolute atomic E-state index is 0.787. The van der Waals surface area contributed by atoms with Crippen molar-refractivity contribution in [3.05, 3.63) is 65.2 Å². The molecule has 2 rings (SSSR count). The molecule has 0 spiro atoms. The number of benzene rings is 2. The maximum Gasteiger partial charge on any atom is 0.122 e. The number of rotatable bonds is 7. The zero-order valence-corrected chi connectivity index (χ0v) is 12.4. The molecule has 2 N–H and O–H groups in total. The molecule has 0 fully saturated rings. The van der Waals surface area contributed by atoms with Gasteiger partial charge in [0.05, 0.1) is 13.2 Å². The fraction of sp³-hybridized carbons (Fsp3) is 0.333. The second-order valence-corrected chi connectivity index (χ2v) is 5.24. The highest BCUT2D eigenvalue weighted by atomic mass is 16.5. The molecule has 106 valence electrons. The van der Waals surface area contributed by atoms with Crippen LogP contribution < -0.4 is 10.1 Å². The molecule has 0 atom stereocenters. The van der Waals surface area contributed by atoms with Gasteiger partial charge in [-0.25, -0.2) is 0 Å². The van der Waals surface area contributed by atoms with Crippen molar-refractivity contribution in [1.82, 2.24) is 0 Å². The Morgan fingerprint density at radius 2 is 1.80 bits per heavy atom. The van der Waals surface area contributed by atoms with E-state index in [9.17, 15) is 0 Å². The van der Waals surface area contributed by atoms with Crippen molar-refractivity contribution in [2.45, 2.75) is 26.8 Å². The van der Waals surface area contributed by atoms with Crippen LogP contribution in [-0.4, -0.2) is 13.2 Å². The summed E-state index contributed by atoms with van der Waals surface area (Å²) in [6.07, 6.45) is 1.07. The fourth-order valence-corrected chi connectivity index (χ4v) is 2.16. The first-order chi connectivity index (χ1) is 9.75. The Labute approximate surface area is 121 Å². The SMILES string of the molecule is Cc1ccc(C)c(OCCC[NH2+]Cc2ccccc2)c1. The van der Waals surface area contributed by atoms with Crippen LogP contribution in [0.5, 0.6) is 5.75 Å². The monoisotopic (exact) mass is 270 g/mol. The summed E-state index contributed by atoms with van der Waals surface area (Å²) in [6.45, 7) is 7.12. The lowest BCUT2D eigenvalue weighted by Gasteiger charge is -2.09. The summed E-state index contributed by atoms with van der Waals surface area (Å²) >= 11 is 0. The number of aryl methyl sites for hydroxylation is 2. The third-order valence-corrected chi connectivity index (χ3v) is 3.38. The summed E-state index contributed by atoms with van der Waals surface area (Å²) in [7, 11) is 0. The van der Waals surface area contributed by atoms with Crippen molar-refractivity contribution in [2.24, 2.45) is 0 Å². The number of ether oxygens (including phenoxy) is 1. The van der Waals surface area contributed by atoms with Gasteiger partial charge in [0.2, 0.25) is 0 Å². The molecule has 20 heavy (non-hydrogen) atoms. The van der Waals surface area contributed by atoms with Gasteiger partial charge in [0.15, 0.2) is 0 Å². The zero-order valence-electron chi connectivity index (χ0n) is 12.4. The maximum absolute atomic E-state index is 5.85. The zero-order chi connectivity index (χ0) is 14.2.